The highest BCUT2D eigenvalue weighted by Gasteiger charge is 2.14. The van der Waals surface area contributed by atoms with E-state index < -0.39 is 0 Å². The van der Waals surface area contributed by atoms with E-state index in [-0.39, 0.29) is 5.91 Å². The molecule has 0 fully saturated rings. The normalized spacial score (nSPS) is 13.3. The number of hydrogen-bond donors (Lipinski definition) is 1. The Morgan fingerprint density at radius 3 is 3.00 bits per heavy atom. The van der Waals surface area contributed by atoms with Gasteiger partial charge in [-0.1, -0.05) is 12.1 Å². The largest absolute Gasteiger partial charge is 0.374 e. The van der Waals surface area contributed by atoms with Crippen molar-refractivity contribution in [1.82, 2.24) is 19.9 Å². The Hall–Kier alpha value is -3.15. The standard InChI is InChI=1S/C20H21N5O/c1-24-9-2-3-16-11-15(4-5-18(16)24)13-23-20(26)17-6-7-22-19(12-17)25-10-8-21-14-25/h4-8,10-12,14H,2-3,9,13H2,1H3,(H,23,26). The van der Waals surface area contributed by atoms with E-state index in [1.165, 1.54) is 17.7 Å². The highest BCUT2D eigenvalue weighted by molar-refractivity contribution is 5.94. The van der Waals surface area contributed by atoms with Crippen molar-refractivity contribution in [2.75, 3.05) is 18.5 Å². The minimum atomic E-state index is -0.108. The van der Waals surface area contributed by atoms with Crippen molar-refractivity contribution in [3.8, 4) is 5.82 Å². The van der Waals surface area contributed by atoms with Gasteiger partial charge in [-0.05, 0) is 42.2 Å². The molecule has 0 aliphatic carbocycles. The SMILES string of the molecule is CN1CCCc2cc(CNC(=O)c3ccnc(-n4ccnc4)c3)ccc21. The van der Waals surface area contributed by atoms with Gasteiger partial charge in [-0.25, -0.2) is 9.97 Å². The van der Waals surface area contributed by atoms with Crippen molar-refractivity contribution in [2.24, 2.45) is 0 Å². The number of rotatable bonds is 4. The summed E-state index contributed by atoms with van der Waals surface area (Å²) in [4.78, 5) is 23.1. The average molecular weight is 347 g/mol. The van der Waals surface area contributed by atoms with Gasteiger partial charge in [0.05, 0.1) is 0 Å². The number of pyridine rings is 1. The number of nitrogens with zero attached hydrogens (tertiary/aromatic N) is 4. The fraction of sp³-hybridized carbons (Fsp3) is 0.250. The molecule has 132 valence electrons. The summed E-state index contributed by atoms with van der Waals surface area (Å²) in [6.45, 7) is 1.61. The lowest BCUT2D eigenvalue weighted by Gasteiger charge is -2.27. The number of hydrogen-bond acceptors (Lipinski definition) is 4. The second-order valence-corrected chi connectivity index (χ2v) is 6.54. The summed E-state index contributed by atoms with van der Waals surface area (Å²) in [5, 5.41) is 3.00. The van der Waals surface area contributed by atoms with E-state index in [9.17, 15) is 4.79 Å². The van der Waals surface area contributed by atoms with Gasteiger partial charge in [-0.2, -0.15) is 0 Å². The summed E-state index contributed by atoms with van der Waals surface area (Å²) >= 11 is 0. The molecule has 1 N–H and O–H groups in total. The number of aromatic nitrogens is 3. The molecule has 6 heteroatoms. The topological polar surface area (TPSA) is 63.1 Å². The van der Waals surface area contributed by atoms with Crippen LogP contribution in [0.1, 0.15) is 27.9 Å². The van der Waals surface area contributed by atoms with Crippen LogP contribution in [0.3, 0.4) is 0 Å². The van der Waals surface area contributed by atoms with Crippen LogP contribution in [-0.4, -0.2) is 34.0 Å². The first kappa shape index (κ1) is 16.3. The molecular weight excluding hydrogens is 326 g/mol. The Labute approximate surface area is 152 Å². The lowest BCUT2D eigenvalue weighted by atomic mass is 9.99. The lowest BCUT2D eigenvalue weighted by Crippen LogP contribution is -2.26. The summed E-state index contributed by atoms with van der Waals surface area (Å²) in [5.74, 6) is 0.565. The molecule has 1 aliphatic rings. The number of benzene rings is 1. The van der Waals surface area contributed by atoms with Crippen molar-refractivity contribution < 1.29 is 4.79 Å². The predicted octanol–water partition coefficient (Wildman–Crippen LogP) is 2.58. The van der Waals surface area contributed by atoms with Crippen LogP contribution in [0.25, 0.3) is 5.82 Å². The third-order valence-corrected chi connectivity index (χ3v) is 4.72. The molecule has 26 heavy (non-hydrogen) atoms. The zero-order valence-corrected chi connectivity index (χ0v) is 14.7. The Bertz CT molecular complexity index is 920. The molecule has 3 aromatic rings. The van der Waals surface area contributed by atoms with E-state index in [2.05, 4.69) is 45.4 Å². The first-order valence-electron chi connectivity index (χ1n) is 8.76. The van der Waals surface area contributed by atoms with Crippen LogP contribution in [0.4, 0.5) is 5.69 Å². The average Bonchev–Trinajstić information content (AvgIpc) is 3.21. The highest BCUT2D eigenvalue weighted by Crippen LogP contribution is 2.26. The zero-order chi connectivity index (χ0) is 17.9. The van der Waals surface area contributed by atoms with Crippen LogP contribution in [0.2, 0.25) is 0 Å². The Balaban J connectivity index is 1.45. The molecule has 0 saturated heterocycles. The molecule has 1 aliphatic heterocycles. The summed E-state index contributed by atoms with van der Waals surface area (Å²) in [6, 6.07) is 9.93. The second kappa shape index (κ2) is 7.00. The minimum Gasteiger partial charge on any atom is -0.374 e. The number of anilines is 1. The molecule has 0 spiro atoms. The van der Waals surface area contributed by atoms with Gasteiger partial charge in [0.25, 0.3) is 5.91 Å². The number of carbonyl (C=O) groups excluding carboxylic acids is 1. The molecule has 0 saturated carbocycles. The Kier molecular flexibility index (Phi) is 4.39. The first-order valence-corrected chi connectivity index (χ1v) is 8.76. The van der Waals surface area contributed by atoms with E-state index in [0.717, 1.165) is 18.5 Å². The monoisotopic (exact) mass is 347 g/mol. The Morgan fingerprint density at radius 1 is 1.23 bits per heavy atom. The number of amides is 1. The number of imidazole rings is 1. The summed E-state index contributed by atoms with van der Waals surface area (Å²) in [5.41, 5.74) is 4.36. The number of nitrogens with one attached hydrogen (secondary N) is 1. The summed E-state index contributed by atoms with van der Waals surface area (Å²) < 4.78 is 1.77. The highest BCUT2D eigenvalue weighted by atomic mass is 16.1. The molecule has 1 amide bonds. The smallest absolute Gasteiger partial charge is 0.251 e. The van der Waals surface area contributed by atoms with Gasteiger partial charge in [0.2, 0.25) is 0 Å². The molecule has 0 radical (unpaired) electrons. The molecule has 6 nitrogen and oxygen atoms in total. The van der Waals surface area contributed by atoms with E-state index >= 15 is 0 Å². The van der Waals surface area contributed by atoms with Gasteiger partial charge in [0, 0.05) is 50.0 Å². The van der Waals surface area contributed by atoms with E-state index in [1.807, 2.05) is 0 Å². The first-order chi connectivity index (χ1) is 12.7. The van der Waals surface area contributed by atoms with E-state index in [1.54, 1.807) is 41.6 Å². The fourth-order valence-corrected chi connectivity index (χ4v) is 3.33. The third-order valence-electron chi connectivity index (χ3n) is 4.72. The zero-order valence-electron chi connectivity index (χ0n) is 14.7. The van der Waals surface area contributed by atoms with Crippen LogP contribution in [0.5, 0.6) is 0 Å². The van der Waals surface area contributed by atoms with E-state index in [4.69, 9.17) is 0 Å². The van der Waals surface area contributed by atoms with Gasteiger partial charge < -0.3 is 10.2 Å². The van der Waals surface area contributed by atoms with Gasteiger partial charge in [0.15, 0.2) is 0 Å². The molecule has 0 atom stereocenters. The maximum Gasteiger partial charge on any atom is 0.251 e. The van der Waals surface area contributed by atoms with Gasteiger partial charge in [-0.15, -0.1) is 0 Å². The fourth-order valence-electron chi connectivity index (χ4n) is 3.33. The van der Waals surface area contributed by atoms with Crippen LogP contribution >= 0.6 is 0 Å². The van der Waals surface area contributed by atoms with Crippen molar-refractivity contribution >= 4 is 11.6 Å². The van der Waals surface area contributed by atoms with Crippen molar-refractivity contribution in [2.45, 2.75) is 19.4 Å². The summed E-state index contributed by atoms with van der Waals surface area (Å²) in [7, 11) is 2.13. The van der Waals surface area contributed by atoms with Gasteiger partial charge in [-0.3, -0.25) is 9.36 Å². The van der Waals surface area contributed by atoms with Crippen molar-refractivity contribution in [3.05, 3.63) is 71.9 Å². The quantitative estimate of drug-likeness (QED) is 0.788. The van der Waals surface area contributed by atoms with Crippen LogP contribution in [0.15, 0.2) is 55.2 Å². The van der Waals surface area contributed by atoms with E-state index in [0.29, 0.717) is 17.9 Å². The van der Waals surface area contributed by atoms with Gasteiger partial charge >= 0.3 is 0 Å². The number of aryl methyl sites for hydroxylation is 1. The number of carbonyl (C=O) groups is 1. The molecule has 0 bridgehead atoms. The Morgan fingerprint density at radius 2 is 2.15 bits per heavy atom. The van der Waals surface area contributed by atoms with Crippen molar-refractivity contribution in [1.29, 1.82) is 0 Å². The third kappa shape index (κ3) is 3.31. The van der Waals surface area contributed by atoms with Crippen LogP contribution in [0, 0.1) is 0 Å². The molecule has 0 unspecified atom stereocenters. The second-order valence-electron chi connectivity index (χ2n) is 6.54. The maximum absolute atomic E-state index is 12.5. The summed E-state index contributed by atoms with van der Waals surface area (Å²) in [6.07, 6.45) is 9.05. The maximum atomic E-state index is 12.5. The molecular formula is C20H21N5O. The van der Waals surface area contributed by atoms with Crippen LogP contribution < -0.4 is 10.2 Å². The molecule has 2 aromatic heterocycles. The van der Waals surface area contributed by atoms with Gasteiger partial charge in [0.1, 0.15) is 12.1 Å². The van der Waals surface area contributed by atoms with Crippen molar-refractivity contribution in [3.63, 3.8) is 0 Å². The molecule has 3 heterocycles. The predicted molar refractivity (Wildman–Crippen MR) is 101 cm³/mol. The molecule has 1 aromatic carbocycles. The lowest BCUT2D eigenvalue weighted by molar-refractivity contribution is 0.0950. The van der Waals surface area contributed by atoms with Crippen LogP contribution in [-0.2, 0) is 13.0 Å². The number of fused-ring (bicyclic) bond motifs is 1. The minimum absolute atomic E-state index is 0.108. The molecule has 4 rings (SSSR count).